The lowest BCUT2D eigenvalue weighted by atomic mass is 10.1. The Morgan fingerprint density at radius 1 is 1.24 bits per heavy atom. The van der Waals surface area contributed by atoms with E-state index in [1.807, 2.05) is 12.1 Å². The van der Waals surface area contributed by atoms with Crippen LogP contribution in [0.25, 0.3) is 11.3 Å². The van der Waals surface area contributed by atoms with E-state index in [1.165, 1.54) is 4.90 Å². The highest BCUT2D eigenvalue weighted by molar-refractivity contribution is 6.30. The van der Waals surface area contributed by atoms with Gasteiger partial charge in [-0.05, 0) is 31.2 Å². The molecular weight excluding hydrogens is 292 g/mol. The number of β-amino-alcohol motifs (C(OH)–C–C–N with tert-alkyl or cyclic N) is 1. The molecule has 2 heterocycles. The molecule has 1 aliphatic rings. The molecule has 6 nitrogen and oxygen atoms in total. The van der Waals surface area contributed by atoms with Crippen molar-refractivity contribution in [3.8, 4) is 11.3 Å². The van der Waals surface area contributed by atoms with Gasteiger partial charge in [0.15, 0.2) is 11.5 Å². The molecule has 0 spiro atoms. The number of rotatable bonds is 2. The predicted molar refractivity (Wildman–Crippen MR) is 79.0 cm³/mol. The van der Waals surface area contributed by atoms with Crippen molar-refractivity contribution in [2.24, 2.45) is 0 Å². The molecule has 1 aromatic carbocycles. The van der Waals surface area contributed by atoms with E-state index in [0.717, 1.165) is 5.56 Å². The summed E-state index contributed by atoms with van der Waals surface area (Å²) in [6.07, 6.45) is 0. The van der Waals surface area contributed by atoms with Gasteiger partial charge in [-0.15, -0.1) is 10.2 Å². The summed E-state index contributed by atoms with van der Waals surface area (Å²) < 4.78 is 0. The number of nitrogens with zero attached hydrogens (tertiary/aromatic N) is 3. The minimum Gasteiger partial charge on any atom is -0.369 e. The monoisotopic (exact) mass is 304 g/mol. The molecule has 1 atom stereocenters. The second-order valence-corrected chi connectivity index (χ2v) is 5.43. The summed E-state index contributed by atoms with van der Waals surface area (Å²) in [5.41, 5.74) is 0.221. The number of hydrogen-bond donors (Lipinski definition) is 2. The first-order valence-electron chi connectivity index (χ1n) is 6.37. The van der Waals surface area contributed by atoms with Gasteiger partial charge in [0.2, 0.25) is 0 Å². The lowest BCUT2D eigenvalue weighted by molar-refractivity contribution is 0.0851. The molecule has 108 valence electrons. The predicted octanol–water partition coefficient (Wildman–Crippen LogP) is 2.04. The van der Waals surface area contributed by atoms with E-state index < -0.39 is 11.8 Å². The van der Waals surface area contributed by atoms with Gasteiger partial charge < -0.3 is 10.4 Å². The van der Waals surface area contributed by atoms with Gasteiger partial charge in [0.05, 0.1) is 12.2 Å². The maximum Gasteiger partial charge on any atom is 0.325 e. The number of halogens is 1. The second kappa shape index (κ2) is 4.98. The van der Waals surface area contributed by atoms with Gasteiger partial charge in [-0.2, -0.15) is 0 Å². The molecule has 1 aliphatic heterocycles. The van der Waals surface area contributed by atoms with Gasteiger partial charge in [-0.25, -0.2) is 9.69 Å². The van der Waals surface area contributed by atoms with Crippen LogP contribution < -0.4 is 10.2 Å². The van der Waals surface area contributed by atoms with Crippen LogP contribution >= 0.6 is 11.6 Å². The highest BCUT2D eigenvalue weighted by Crippen LogP contribution is 2.25. The molecule has 0 aliphatic carbocycles. The van der Waals surface area contributed by atoms with Gasteiger partial charge >= 0.3 is 6.03 Å². The third-order valence-corrected chi connectivity index (χ3v) is 3.53. The summed E-state index contributed by atoms with van der Waals surface area (Å²) in [5.74, 6) is 0.299. The van der Waals surface area contributed by atoms with E-state index in [-0.39, 0.29) is 6.54 Å². The molecule has 0 saturated carbocycles. The Morgan fingerprint density at radius 3 is 2.48 bits per heavy atom. The van der Waals surface area contributed by atoms with Crippen LogP contribution in [0.15, 0.2) is 36.4 Å². The SMILES string of the molecule is CC1(O)CNC(=O)N1c1ccc(-c2ccc(Cl)cc2)nn1. The van der Waals surface area contributed by atoms with Crippen molar-refractivity contribution in [3.63, 3.8) is 0 Å². The Kier molecular flexibility index (Phi) is 3.27. The zero-order valence-electron chi connectivity index (χ0n) is 11.2. The first kappa shape index (κ1) is 13.8. The summed E-state index contributed by atoms with van der Waals surface area (Å²) in [4.78, 5) is 12.9. The molecule has 2 N–H and O–H groups in total. The van der Waals surface area contributed by atoms with Crippen LogP contribution in [0.4, 0.5) is 10.6 Å². The number of anilines is 1. The molecule has 0 radical (unpaired) electrons. The minimum absolute atomic E-state index is 0.145. The van der Waals surface area contributed by atoms with E-state index >= 15 is 0 Å². The fraction of sp³-hybridized carbons (Fsp3) is 0.214. The first-order chi connectivity index (χ1) is 9.97. The standard InChI is InChI=1S/C14H13ClN4O2/c1-14(21)8-16-13(20)19(14)12-7-6-11(17-18-12)9-2-4-10(15)5-3-9/h2-7,21H,8H2,1H3,(H,16,20). The van der Waals surface area contributed by atoms with Crippen LogP contribution in [0, 0.1) is 0 Å². The maximum atomic E-state index is 11.8. The van der Waals surface area contributed by atoms with Crippen LogP contribution in [-0.4, -0.2) is 33.6 Å². The average Bonchev–Trinajstić information content (AvgIpc) is 2.74. The van der Waals surface area contributed by atoms with Crippen molar-refractivity contribution in [1.82, 2.24) is 15.5 Å². The van der Waals surface area contributed by atoms with Crippen molar-refractivity contribution in [2.75, 3.05) is 11.4 Å². The Morgan fingerprint density at radius 2 is 1.95 bits per heavy atom. The topological polar surface area (TPSA) is 78.4 Å². The maximum absolute atomic E-state index is 11.8. The quantitative estimate of drug-likeness (QED) is 0.890. The van der Waals surface area contributed by atoms with Gasteiger partial charge in [0.25, 0.3) is 0 Å². The number of urea groups is 1. The molecule has 2 aromatic rings. The van der Waals surface area contributed by atoms with Gasteiger partial charge in [-0.3, -0.25) is 0 Å². The molecule has 0 bridgehead atoms. The lowest BCUT2D eigenvalue weighted by Gasteiger charge is -2.26. The Labute approximate surface area is 126 Å². The second-order valence-electron chi connectivity index (χ2n) is 4.99. The fourth-order valence-electron chi connectivity index (χ4n) is 2.19. The number of benzene rings is 1. The van der Waals surface area contributed by atoms with Gasteiger partial charge in [0, 0.05) is 10.6 Å². The number of hydrogen-bond acceptors (Lipinski definition) is 4. The highest BCUT2D eigenvalue weighted by atomic mass is 35.5. The number of aliphatic hydroxyl groups is 1. The van der Waals surface area contributed by atoms with Crippen LogP contribution in [0.5, 0.6) is 0 Å². The van der Waals surface area contributed by atoms with Crippen LogP contribution in [0.3, 0.4) is 0 Å². The Hall–Kier alpha value is -2.18. The van der Waals surface area contributed by atoms with Crippen molar-refractivity contribution in [2.45, 2.75) is 12.6 Å². The molecule has 2 amide bonds. The summed E-state index contributed by atoms with van der Waals surface area (Å²) in [6.45, 7) is 1.69. The van der Waals surface area contributed by atoms with Gasteiger partial charge in [0.1, 0.15) is 0 Å². The highest BCUT2D eigenvalue weighted by Gasteiger charge is 2.41. The molecule has 3 rings (SSSR count). The Bertz CT molecular complexity index is 670. The molecule has 7 heteroatoms. The number of carbonyl (C=O) groups excluding carboxylic acids is 1. The number of aromatic nitrogens is 2. The van der Waals surface area contributed by atoms with Crippen molar-refractivity contribution in [3.05, 3.63) is 41.4 Å². The number of amides is 2. The summed E-state index contributed by atoms with van der Waals surface area (Å²) >= 11 is 5.84. The zero-order chi connectivity index (χ0) is 15.0. The first-order valence-corrected chi connectivity index (χ1v) is 6.75. The van der Waals surface area contributed by atoms with Crippen LogP contribution in [0.2, 0.25) is 5.02 Å². The zero-order valence-corrected chi connectivity index (χ0v) is 12.0. The van der Waals surface area contributed by atoms with E-state index in [9.17, 15) is 9.90 Å². The molecule has 21 heavy (non-hydrogen) atoms. The van der Waals surface area contributed by atoms with E-state index in [2.05, 4.69) is 15.5 Å². The third kappa shape index (κ3) is 2.55. The average molecular weight is 305 g/mol. The molecular formula is C14H13ClN4O2. The fourth-order valence-corrected chi connectivity index (χ4v) is 2.32. The molecule has 1 unspecified atom stereocenters. The van der Waals surface area contributed by atoms with Crippen molar-refractivity contribution in [1.29, 1.82) is 0 Å². The molecule has 1 fully saturated rings. The van der Waals surface area contributed by atoms with Crippen LogP contribution in [0.1, 0.15) is 6.92 Å². The van der Waals surface area contributed by atoms with E-state index in [1.54, 1.807) is 31.2 Å². The van der Waals surface area contributed by atoms with E-state index in [0.29, 0.717) is 16.5 Å². The number of carbonyl (C=O) groups is 1. The van der Waals surface area contributed by atoms with Crippen molar-refractivity contribution >= 4 is 23.4 Å². The van der Waals surface area contributed by atoms with Gasteiger partial charge in [-0.1, -0.05) is 23.7 Å². The minimum atomic E-state index is -1.31. The lowest BCUT2D eigenvalue weighted by Crippen LogP contribution is -2.45. The largest absolute Gasteiger partial charge is 0.369 e. The third-order valence-electron chi connectivity index (χ3n) is 3.28. The summed E-state index contributed by atoms with van der Waals surface area (Å²) in [6, 6.07) is 10.2. The molecule has 1 saturated heterocycles. The summed E-state index contributed by atoms with van der Waals surface area (Å²) in [5, 5.41) is 21.5. The number of nitrogens with one attached hydrogen (secondary N) is 1. The van der Waals surface area contributed by atoms with Crippen LogP contribution in [-0.2, 0) is 0 Å². The molecule has 1 aromatic heterocycles. The Balaban J connectivity index is 1.91. The normalized spacial score (nSPS) is 21.5. The van der Waals surface area contributed by atoms with Crippen molar-refractivity contribution < 1.29 is 9.90 Å². The smallest absolute Gasteiger partial charge is 0.325 e. The summed E-state index contributed by atoms with van der Waals surface area (Å²) in [7, 11) is 0. The van der Waals surface area contributed by atoms with E-state index in [4.69, 9.17) is 11.6 Å².